The molecule has 3 rings (SSSR count). The molecule has 0 atom stereocenters. The minimum atomic E-state index is -0.304. The Balaban J connectivity index is 1.74. The van der Waals surface area contributed by atoms with Gasteiger partial charge >= 0.3 is 6.03 Å². The van der Waals surface area contributed by atoms with Gasteiger partial charge in [-0.2, -0.15) is 0 Å². The van der Waals surface area contributed by atoms with Gasteiger partial charge in [-0.3, -0.25) is 4.79 Å². The summed E-state index contributed by atoms with van der Waals surface area (Å²) >= 11 is 0. The summed E-state index contributed by atoms with van der Waals surface area (Å²) in [6, 6.07) is 16.6. The van der Waals surface area contributed by atoms with E-state index in [0.29, 0.717) is 36.8 Å². The number of rotatable bonds is 12. The van der Waals surface area contributed by atoms with Gasteiger partial charge in [-0.05, 0) is 68.1 Å². The molecule has 0 radical (unpaired) electrons. The number of aryl methyl sites for hydroxylation is 1. The van der Waals surface area contributed by atoms with Crippen molar-refractivity contribution in [1.29, 1.82) is 0 Å². The number of nitrogens with zero attached hydrogens (tertiary/aromatic N) is 2. The van der Waals surface area contributed by atoms with Gasteiger partial charge in [0.05, 0.1) is 27.0 Å². The van der Waals surface area contributed by atoms with Crippen LogP contribution in [-0.2, 0) is 24.2 Å². The average molecular weight is 508 g/mol. The molecular weight excluding hydrogens is 470 g/mol. The molecule has 0 aliphatic rings. The molecule has 0 aliphatic carbocycles. The van der Waals surface area contributed by atoms with Crippen molar-refractivity contribution in [3.05, 3.63) is 77.7 Å². The summed E-state index contributed by atoms with van der Waals surface area (Å²) in [7, 11) is 3.19. The van der Waals surface area contributed by atoms with Crippen LogP contribution in [0.15, 0.2) is 65.3 Å². The zero-order valence-electron chi connectivity index (χ0n) is 22.3. The molecule has 0 saturated carbocycles. The van der Waals surface area contributed by atoms with E-state index in [9.17, 15) is 9.59 Å². The molecule has 1 aromatic heterocycles. The van der Waals surface area contributed by atoms with Gasteiger partial charge in [-0.15, -0.1) is 0 Å². The zero-order valence-corrected chi connectivity index (χ0v) is 22.3. The Morgan fingerprint density at radius 2 is 1.76 bits per heavy atom. The van der Waals surface area contributed by atoms with Crippen LogP contribution in [-0.4, -0.2) is 55.1 Å². The molecule has 8 nitrogen and oxygen atoms in total. The van der Waals surface area contributed by atoms with Gasteiger partial charge in [-0.25, -0.2) is 4.79 Å². The molecule has 0 spiro atoms. The quantitative estimate of drug-likeness (QED) is 0.356. The lowest BCUT2D eigenvalue weighted by molar-refractivity contribution is -0.133. The Morgan fingerprint density at radius 3 is 2.41 bits per heavy atom. The summed E-state index contributed by atoms with van der Waals surface area (Å²) in [5, 5.41) is 2.99. The summed E-state index contributed by atoms with van der Waals surface area (Å²) in [5.74, 6) is 1.81. The number of methoxy groups -OCH3 is 2. The molecule has 0 aliphatic heterocycles. The Kier molecular flexibility index (Phi) is 10.0. The van der Waals surface area contributed by atoms with E-state index < -0.39 is 0 Å². The maximum atomic E-state index is 13.5. The van der Waals surface area contributed by atoms with E-state index >= 15 is 0 Å². The van der Waals surface area contributed by atoms with E-state index in [2.05, 4.69) is 5.32 Å². The monoisotopic (exact) mass is 507 g/mol. The molecular formula is C29H37N3O5. The summed E-state index contributed by atoms with van der Waals surface area (Å²) in [6.07, 6.45) is 2.99. The normalized spacial score (nSPS) is 10.8. The third-order valence-corrected chi connectivity index (χ3v) is 6.23. The highest BCUT2D eigenvalue weighted by Crippen LogP contribution is 2.28. The van der Waals surface area contributed by atoms with Crippen LogP contribution in [0.3, 0.4) is 0 Å². The van der Waals surface area contributed by atoms with Crippen LogP contribution >= 0.6 is 0 Å². The van der Waals surface area contributed by atoms with Crippen LogP contribution in [0.25, 0.3) is 0 Å². The number of anilines is 1. The molecule has 1 N–H and O–H groups in total. The number of carbonyl (C=O) groups is 2. The fourth-order valence-corrected chi connectivity index (χ4v) is 4.05. The SMILES string of the molecule is CCc1ccccc1NC(=O)N(CC(=O)N(CCc1ccc(OC)c(OC)c1)Cc1ccco1)C(C)C. The van der Waals surface area contributed by atoms with E-state index in [1.165, 1.54) is 0 Å². The fourth-order valence-electron chi connectivity index (χ4n) is 4.05. The van der Waals surface area contributed by atoms with E-state index in [0.717, 1.165) is 23.2 Å². The van der Waals surface area contributed by atoms with Gasteiger partial charge in [0.25, 0.3) is 0 Å². The average Bonchev–Trinajstić information content (AvgIpc) is 3.42. The molecule has 0 bridgehead atoms. The summed E-state index contributed by atoms with van der Waals surface area (Å²) < 4.78 is 16.3. The van der Waals surface area contributed by atoms with Gasteiger partial charge in [0, 0.05) is 18.3 Å². The summed E-state index contributed by atoms with van der Waals surface area (Å²) in [6.45, 7) is 6.55. The molecule has 0 unspecified atom stereocenters. The number of benzene rings is 2. The van der Waals surface area contributed by atoms with Crippen molar-refractivity contribution in [1.82, 2.24) is 9.80 Å². The molecule has 8 heteroatoms. The van der Waals surface area contributed by atoms with Crippen molar-refractivity contribution < 1.29 is 23.5 Å². The number of hydrogen-bond donors (Lipinski definition) is 1. The van der Waals surface area contributed by atoms with Gasteiger partial charge in [-0.1, -0.05) is 31.2 Å². The molecule has 3 aromatic rings. The van der Waals surface area contributed by atoms with Crippen LogP contribution in [0.1, 0.15) is 37.7 Å². The second-order valence-corrected chi connectivity index (χ2v) is 9.00. The van der Waals surface area contributed by atoms with Crippen LogP contribution < -0.4 is 14.8 Å². The van der Waals surface area contributed by atoms with Gasteiger partial charge in [0.2, 0.25) is 5.91 Å². The predicted molar refractivity (Wildman–Crippen MR) is 144 cm³/mol. The number of furan rings is 1. The molecule has 1 heterocycles. The first-order valence-corrected chi connectivity index (χ1v) is 12.5. The Hall–Kier alpha value is -3.94. The Labute approximate surface area is 219 Å². The summed E-state index contributed by atoms with van der Waals surface area (Å²) in [5.41, 5.74) is 2.80. The van der Waals surface area contributed by atoms with Crippen LogP contribution in [0.4, 0.5) is 10.5 Å². The third-order valence-electron chi connectivity index (χ3n) is 6.23. The minimum absolute atomic E-state index is 0.0512. The molecule has 3 amide bonds. The van der Waals surface area contributed by atoms with Crippen LogP contribution in [0.5, 0.6) is 11.5 Å². The van der Waals surface area contributed by atoms with E-state index in [-0.39, 0.29) is 24.5 Å². The molecule has 0 saturated heterocycles. The van der Waals surface area contributed by atoms with Crippen molar-refractivity contribution in [3.8, 4) is 11.5 Å². The van der Waals surface area contributed by atoms with Gasteiger partial charge in [0.15, 0.2) is 11.5 Å². The zero-order chi connectivity index (χ0) is 26.8. The highest BCUT2D eigenvalue weighted by atomic mass is 16.5. The van der Waals surface area contributed by atoms with Crippen molar-refractivity contribution in [2.45, 2.75) is 46.2 Å². The van der Waals surface area contributed by atoms with Crippen LogP contribution in [0.2, 0.25) is 0 Å². The second-order valence-electron chi connectivity index (χ2n) is 9.00. The first-order valence-electron chi connectivity index (χ1n) is 12.5. The number of amides is 3. The maximum absolute atomic E-state index is 13.5. The van der Waals surface area contributed by atoms with Crippen molar-refractivity contribution in [3.63, 3.8) is 0 Å². The molecule has 0 fully saturated rings. The van der Waals surface area contributed by atoms with Crippen LogP contribution in [0, 0.1) is 0 Å². The number of para-hydroxylation sites is 1. The predicted octanol–water partition coefficient (Wildman–Crippen LogP) is 5.37. The second kappa shape index (κ2) is 13.4. The topological polar surface area (TPSA) is 84.3 Å². The number of nitrogens with one attached hydrogen (secondary N) is 1. The number of ether oxygens (including phenoxy) is 2. The number of hydrogen-bond acceptors (Lipinski definition) is 5. The highest BCUT2D eigenvalue weighted by molar-refractivity contribution is 5.93. The molecule has 2 aromatic carbocycles. The first kappa shape index (κ1) is 27.6. The summed E-state index contributed by atoms with van der Waals surface area (Å²) in [4.78, 5) is 30.0. The lowest BCUT2D eigenvalue weighted by atomic mass is 10.1. The van der Waals surface area contributed by atoms with Crippen molar-refractivity contribution in [2.24, 2.45) is 0 Å². The Bertz CT molecular complexity index is 1160. The largest absolute Gasteiger partial charge is 0.493 e. The number of carbonyl (C=O) groups excluding carboxylic acids is 2. The Morgan fingerprint density at radius 1 is 1.00 bits per heavy atom. The molecule has 198 valence electrons. The lowest BCUT2D eigenvalue weighted by Gasteiger charge is -2.30. The van der Waals surface area contributed by atoms with Gasteiger partial charge in [0.1, 0.15) is 12.3 Å². The number of urea groups is 1. The highest BCUT2D eigenvalue weighted by Gasteiger charge is 2.25. The van der Waals surface area contributed by atoms with E-state index in [1.54, 1.807) is 36.3 Å². The standard InChI is InChI=1S/C29H37N3O5/c1-6-23-10-7-8-12-25(23)30-29(34)32(21(2)3)20-28(33)31(19-24-11-9-17-37-24)16-15-22-13-14-26(35-4)27(18-22)36-5/h7-14,17-18,21H,6,15-16,19-20H2,1-5H3,(H,30,34). The van der Waals surface area contributed by atoms with Crippen molar-refractivity contribution >= 4 is 17.6 Å². The molecule has 37 heavy (non-hydrogen) atoms. The van der Waals surface area contributed by atoms with E-state index in [4.69, 9.17) is 13.9 Å². The fraction of sp³-hybridized carbons (Fsp3) is 0.379. The third kappa shape index (κ3) is 7.52. The smallest absolute Gasteiger partial charge is 0.322 e. The maximum Gasteiger partial charge on any atom is 0.322 e. The van der Waals surface area contributed by atoms with Gasteiger partial charge < -0.3 is 29.0 Å². The van der Waals surface area contributed by atoms with Crippen molar-refractivity contribution in [2.75, 3.05) is 32.6 Å². The first-order chi connectivity index (χ1) is 17.9. The van der Waals surface area contributed by atoms with E-state index in [1.807, 2.05) is 69.3 Å². The minimum Gasteiger partial charge on any atom is -0.493 e. The lowest BCUT2D eigenvalue weighted by Crippen LogP contribution is -2.47.